The number of rotatable bonds is 16. The van der Waals surface area contributed by atoms with Crippen LogP contribution in [0.2, 0.25) is 0 Å². The van der Waals surface area contributed by atoms with Crippen LogP contribution in [0.4, 0.5) is 0 Å². The third kappa shape index (κ3) is 10.0. The Bertz CT molecular complexity index is 347. The zero-order chi connectivity index (χ0) is 19.0. The molecule has 1 saturated heterocycles. The van der Waals surface area contributed by atoms with Crippen LogP contribution in [0.25, 0.3) is 0 Å². The predicted molar refractivity (Wildman–Crippen MR) is 104 cm³/mol. The van der Waals surface area contributed by atoms with Crippen LogP contribution in [-0.2, 0) is 9.47 Å². The van der Waals surface area contributed by atoms with Crippen LogP contribution < -0.4 is 0 Å². The van der Waals surface area contributed by atoms with Crippen molar-refractivity contribution in [3.63, 3.8) is 0 Å². The normalized spacial score (nSPS) is 24.5. The Morgan fingerprint density at radius 2 is 1.62 bits per heavy atom. The van der Waals surface area contributed by atoms with E-state index in [1.165, 1.54) is 44.9 Å². The number of aliphatic hydroxyl groups is 3. The van der Waals surface area contributed by atoms with Gasteiger partial charge in [-0.15, -0.1) is 0 Å². The van der Waals surface area contributed by atoms with E-state index in [0.29, 0.717) is 6.61 Å². The Hall–Kier alpha value is -0.460. The quantitative estimate of drug-likeness (QED) is 0.286. The summed E-state index contributed by atoms with van der Waals surface area (Å²) in [5, 5.41) is 28.6. The highest BCUT2D eigenvalue weighted by atomic mass is 16.6. The largest absolute Gasteiger partial charge is 0.394 e. The van der Waals surface area contributed by atoms with Gasteiger partial charge in [0.15, 0.2) is 0 Å². The first kappa shape index (κ1) is 23.6. The number of ether oxygens (including phenoxy) is 2. The topological polar surface area (TPSA) is 79.2 Å². The molecular formula is C21H40O5. The molecule has 1 aliphatic heterocycles. The summed E-state index contributed by atoms with van der Waals surface area (Å²) >= 11 is 0. The van der Waals surface area contributed by atoms with Gasteiger partial charge in [0.2, 0.25) is 0 Å². The van der Waals surface area contributed by atoms with Crippen molar-refractivity contribution < 1.29 is 24.8 Å². The van der Waals surface area contributed by atoms with E-state index in [9.17, 15) is 10.2 Å². The van der Waals surface area contributed by atoms with Gasteiger partial charge >= 0.3 is 0 Å². The molecule has 26 heavy (non-hydrogen) atoms. The molecule has 0 aromatic carbocycles. The number of hydrogen-bond donors (Lipinski definition) is 3. The summed E-state index contributed by atoms with van der Waals surface area (Å²) < 4.78 is 11.0. The zero-order valence-corrected chi connectivity index (χ0v) is 16.5. The van der Waals surface area contributed by atoms with Crippen LogP contribution in [0, 0.1) is 0 Å². The first-order chi connectivity index (χ1) is 12.7. The highest BCUT2D eigenvalue weighted by Gasteiger charge is 2.40. The number of hydrogen-bond acceptors (Lipinski definition) is 5. The van der Waals surface area contributed by atoms with E-state index >= 15 is 0 Å². The van der Waals surface area contributed by atoms with Gasteiger partial charge in [-0.3, -0.25) is 0 Å². The zero-order valence-electron chi connectivity index (χ0n) is 16.5. The van der Waals surface area contributed by atoms with Crippen molar-refractivity contribution >= 4 is 0 Å². The van der Waals surface area contributed by atoms with Gasteiger partial charge in [-0.1, -0.05) is 57.6 Å². The second-order valence-electron chi connectivity index (χ2n) is 7.33. The predicted octanol–water partition coefficient (Wildman–Crippen LogP) is 3.35. The molecule has 4 atom stereocenters. The first-order valence-electron chi connectivity index (χ1n) is 10.6. The van der Waals surface area contributed by atoms with Crippen molar-refractivity contribution in [1.29, 1.82) is 0 Å². The summed E-state index contributed by atoms with van der Waals surface area (Å²) in [6.45, 7) is 2.55. The minimum absolute atomic E-state index is 0.149. The van der Waals surface area contributed by atoms with E-state index in [4.69, 9.17) is 14.6 Å². The SMILES string of the molecule is CCCCCCCC/C=C/CCCCCO[C@H]1[C@@H]([C@@H](O)CO)OC[C@H]1O. The number of aliphatic hydroxyl groups excluding tert-OH is 3. The minimum Gasteiger partial charge on any atom is -0.394 e. The number of allylic oxidation sites excluding steroid dienone is 2. The summed E-state index contributed by atoms with van der Waals surface area (Å²) in [7, 11) is 0. The van der Waals surface area contributed by atoms with E-state index < -0.39 is 24.4 Å². The molecule has 5 nitrogen and oxygen atoms in total. The Kier molecular flexibility index (Phi) is 14.1. The summed E-state index contributed by atoms with van der Waals surface area (Å²) in [4.78, 5) is 0. The monoisotopic (exact) mass is 372 g/mol. The fraction of sp³-hybridized carbons (Fsp3) is 0.905. The molecule has 0 radical (unpaired) electrons. The molecule has 0 spiro atoms. The van der Waals surface area contributed by atoms with Gasteiger partial charge in [-0.05, 0) is 32.1 Å². The van der Waals surface area contributed by atoms with Gasteiger partial charge in [0.05, 0.1) is 13.2 Å². The standard InChI is InChI=1S/C21H40O5/c1-2-3-4-5-6-7-8-9-10-11-12-13-14-15-25-21-19(24)17-26-20(21)18(23)16-22/h9-10,18-24H,2-8,11-17H2,1H3/b10-9+/t18-,19+,20+,21+/m0/s1. The first-order valence-corrected chi connectivity index (χ1v) is 10.6. The molecule has 0 saturated carbocycles. The lowest BCUT2D eigenvalue weighted by atomic mass is 10.1. The van der Waals surface area contributed by atoms with Gasteiger partial charge in [-0.25, -0.2) is 0 Å². The van der Waals surface area contributed by atoms with Crippen LogP contribution in [-0.4, -0.2) is 59.6 Å². The third-order valence-electron chi connectivity index (χ3n) is 4.95. The minimum atomic E-state index is -1.01. The lowest BCUT2D eigenvalue weighted by Gasteiger charge is -2.23. The fourth-order valence-corrected chi connectivity index (χ4v) is 3.30. The second-order valence-corrected chi connectivity index (χ2v) is 7.33. The summed E-state index contributed by atoms with van der Waals surface area (Å²) in [6.07, 6.45) is 15.2. The van der Waals surface area contributed by atoms with E-state index in [0.717, 1.165) is 25.7 Å². The lowest BCUT2D eigenvalue weighted by Crippen LogP contribution is -2.42. The van der Waals surface area contributed by atoms with E-state index in [-0.39, 0.29) is 13.2 Å². The van der Waals surface area contributed by atoms with Crippen molar-refractivity contribution in [2.24, 2.45) is 0 Å². The maximum Gasteiger partial charge on any atom is 0.114 e. The van der Waals surface area contributed by atoms with Crippen LogP contribution in [0.1, 0.15) is 77.6 Å². The van der Waals surface area contributed by atoms with E-state index in [1.807, 2.05) is 0 Å². The maximum absolute atomic E-state index is 9.86. The summed E-state index contributed by atoms with van der Waals surface area (Å²) in [6, 6.07) is 0. The Labute approximate surface area is 159 Å². The van der Waals surface area contributed by atoms with Gasteiger partial charge in [0.1, 0.15) is 24.4 Å². The van der Waals surface area contributed by atoms with Crippen molar-refractivity contribution in [3.05, 3.63) is 12.2 Å². The molecule has 0 aromatic heterocycles. The molecule has 1 fully saturated rings. The van der Waals surface area contributed by atoms with Crippen molar-refractivity contribution in [3.8, 4) is 0 Å². The highest BCUT2D eigenvalue weighted by molar-refractivity contribution is 4.89. The van der Waals surface area contributed by atoms with Crippen LogP contribution >= 0.6 is 0 Å². The van der Waals surface area contributed by atoms with Crippen molar-refractivity contribution in [1.82, 2.24) is 0 Å². The third-order valence-corrected chi connectivity index (χ3v) is 4.95. The fourth-order valence-electron chi connectivity index (χ4n) is 3.30. The summed E-state index contributed by atoms with van der Waals surface area (Å²) in [5.41, 5.74) is 0. The number of unbranched alkanes of at least 4 members (excludes halogenated alkanes) is 9. The molecule has 0 amide bonds. The molecule has 0 aliphatic carbocycles. The van der Waals surface area contributed by atoms with Crippen LogP contribution in [0.5, 0.6) is 0 Å². The molecule has 1 heterocycles. The molecule has 1 rings (SSSR count). The molecule has 1 aliphatic rings. The van der Waals surface area contributed by atoms with Crippen LogP contribution in [0.15, 0.2) is 12.2 Å². The Morgan fingerprint density at radius 3 is 2.27 bits per heavy atom. The molecule has 154 valence electrons. The van der Waals surface area contributed by atoms with Gasteiger partial charge in [0.25, 0.3) is 0 Å². The van der Waals surface area contributed by atoms with Crippen molar-refractivity contribution in [2.45, 2.75) is 102 Å². The summed E-state index contributed by atoms with van der Waals surface area (Å²) in [5.74, 6) is 0. The molecule has 0 unspecified atom stereocenters. The van der Waals surface area contributed by atoms with Crippen molar-refractivity contribution in [2.75, 3.05) is 19.8 Å². The maximum atomic E-state index is 9.86. The van der Waals surface area contributed by atoms with Crippen LogP contribution in [0.3, 0.4) is 0 Å². The molecule has 5 heteroatoms. The highest BCUT2D eigenvalue weighted by Crippen LogP contribution is 2.21. The van der Waals surface area contributed by atoms with Gasteiger partial charge in [-0.2, -0.15) is 0 Å². The second kappa shape index (κ2) is 15.6. The van der Waals surface area contributed by atoms with Gasteiger partial charge < -0.3 is 24.8 Å². The lowest BCUT2D eigenvalue weighted by molar-refractivity contribution is -0.0937. The molecule has 0 aromatic rings. The average Bonchev–Trinajstić information content (AvgIpc) is 3.02. The smallest absolute Gasteiger partial charge is 0.114 e. The molecular weight excluding hydrogens is 332 g/mol. The van der Waals surface area contributed by atoms with E-state index in [2.05, 4.69) is 19.1 Å². The molecule has 3 N–H and O–H groups in total. The average molecular weight is 373 g/mol. The van der Waals surface area contributed by atoms with Gasteiger partial charge in [0, 0.05) is 6.61 Å². The Morgan fingerprint density at radius 1 is 1.00 bits per heavy atom. The van der Waals surface area contributed by atoms with E-state index in [1.54, 1.807) is 0 Å². The molecule has 0 bridgehead atoms. The Balaban J connectivity index is 1.95.